The van der Waals surface area contributed by atoms with E-state index in [2.05, 4.69) is 41.3 Å². The Bertz CT molecular complexity index is 985. The van der Waals surface area contributed by atoms with Gasteiger partial charge in [-0.25, -0.2) is 4.98 Å². The van der Waals surface area contributed by atoms with Gasteiger partial charge in [-0.2, -0.15) is 0 Å². The van der Waals surface area contributed by atoms with Crippen LogP contribution < -0.4 is 10.2 Å². The average Bonchev–Trinajstić information content (AvgIpc) is 2.75. The third-order valence-electron chi connectivity index (χ3n) is 4.78. The molecular weight excluding hydrogens is 432 g/mol. The summed E-state index contributed by atoms with van der Waals surface area (Å²) in [7, 11) is 0. The highest BCUT2D eigenvalue weighted by molar-refractivity contribution is 9.10. The summed E-state index contributed by atoms with van der Waals surface area (Å²) in [6.07, 6.45) is 0. The average molecular weight is 453 g/mol. The predicted octanol–water partition coefficient (Wildman–Crippen LogP) is 3.65. The van der Waals surface area contributed by atoms with E-state index in [0.717, 1.165) is 34.9 Å². The number of benzene rings is 1. The lowest BCUT2D eigenvalue weighted by Crippen LogP contribution is -2.49. The number of amides is 1. The van der Waals surface area contributed by atoms with Crippen LogP contribution in [0.25, 0.3) is 0 Å². The van der Waals surface area contributed by atoms with E-state index >= 15 is 0 Å². The third kappa shape index (κ3) is 4.71. The van der Waals surface area contributed by atoms with Crippen molar-refractivity contribution in [1.82, 2.24) is 20.1 Å². The van der Waals surface area contributed by atoms with Gasteiger partial charge in [-0.3, -0.25) is 4.79 Å². The molecule has 29 heavy (non-hydrogen) atoms. The number of halogens is 1. The van der Waals surface area contributed by atoms with Crippen molar-refractivity contribution < 1.29 is 4.79 Å². The molecule has 1 fully saturated rings. The first-order valence-electron chi connectivity index (χ1n) is 9.43. The zero-order chi connectivity index (χ0) is 20.2. The molecule has 2 aromatic heterocycles. The zero-order valence-corrected chi connectivity index (χ0v) is 17.6. The second-order valence-corrected chi connectivity index (χ2v) is 7.77. The van der Waals surface area contributed by atoms with Crippen LogP contribution in [-0.2, 0) is 0 Å². The largest absolute Gasteiger partial charge is 0.352 e. The van der Waals surface area contributed by atoms with E-state index in [1.54, 1.807) is 0 Å². The van der Waals surface area contributed by atoms with E-state index in [-0.39, 0.29) is 5.91 Å². The molecule has 0 spiro atoms. The Balaban J connectivity index is 1.34. The van der Waals surface area contributed by atoms with E-state index in [9.17, 15) is 4.79 Å². The van der Waals surface area contributed by atoms with Crippen LogP contribution in [-0.4, -0.2) is 52.2 Å². The van der Waals surface area contributed by atoms with Crippen molar-refractivity contribution in [3.05, 3.63) is 70.3 Å². The normalized spacial score (nSPS) is 14.0. The number of rotatable bonds is 4. The Hall–Kier alpha value is -3.00. The Morgan fingerprint density at radius 2 is 1.69 bits per heavy atom. The van der Waals surface area contributed by atoms with Gasteiger partial charge in [0.25, 0.3) is 5.91 Å². The summed E-state index contributed by atoms with van der Waals surface area (Å²) in [6, 6.07) is 17.1. The van der Waals surface area contributed by atoms with Crippen molar-refractivity contribution in [3.63, 3.8) is 0 Å². The van der Waals surface area contributed by atoms with Gasteiger partial charge >= 0.3 is 0 Å². The van der Waals surface area contributed by atoms with Gasteiger partial charge in [0.05, 0.1) is 0 Å². The second-order valence-electron chi connectivity index (χ2n) is 6.85. The van der Waals surface area contributed by atoms with Gasteiger partial charge in [-0.05, 0) is 55.5 Å². The molecular formula is C21H21BrN6O. The topological polar surface area (TPSA) is 74.2 Å². The minimum atomic E-state index is 0.0634. The number of carbonyl (C=O) groups is 1. The molecule has 7 nitrogen and oxygen atoms in total. The molecule has 0 bridgehead atoms. The first kappa shape index (κ1) is 19.3. The van der Waals surface area contributed by atoms with Crippen molar-refractivity contribution in [3.8, 4) is 0 Å². The van der Waals surface area contributed by atoms with E-state index in [1.807, 2.05) is 66.4 Å². The van der Waals surface area contributed by atoms with Crippen LogP contribution in [0.2, 0.25) is 0 Å². The lowest BCUT2D eigenvalue weighted by atomic mass is 10.2. The molecule has 8 heteroatoms. The number of piperazine rings is 1. The minimum Gasteiger partial charge on any atom is -0.352 e. The fraction of sp³-hybridized carbons (Fsp3) is 0.238. The second kappa shape index (κ2) is 8.57. The predicted molar refractivity (Wildman–Crippen MR) is 117 cm³/mol. The summed E-state index contributed by atoms with van der Waals surface area (Å²) in [5.41, 5.74) is 1.65. The van der Waals surface area contributed by atoms with E-state index in [0.29, 0.717) is 24.5 Å². The monoisotopic (exact) mass is 452 g/mol. The molecule has 1 N–H and O–H groups in total. The number of hydrogen-bond donors (Lipinski definition) is 1. The van der Waals surface area contributed by atoms with E-state index in [1.165, 1.54) is 0 Å². The molecule has 1 aliphatic rings. The lowest BCUT2D eigenvalue weighted by molar-refractivity contribution is 0.0746. The maximum atomic E-state index is 12.6. The Morgan fingerprint density at radius 1 is 0.931 bits per heavy atom. The number of nitrogens with one attached hydrogen (secondary N) is 1. The first-order valence-corrected chi connectivity index (χ1v) is 10.2. The summed E-state index contributed by atoms with van der Waals surface area (Å²) >= 11 is 3.40. The number of nitrogens with zero attached hydrogens (tertiary/aromatic N) is 5. The van der Waals surface area contributed by atoms with Gasteiger partial charge in [-0.1, -0.05) is 22.0 Å². The van der Waals surface area contributed by atoms with Gasteiger partial charge in [0.15, 0.2) is 11.6 Å². The third-order valence-corrected chi connectivity index (χ3v) is 5.31. The summed E-state index contributed by atoms with van der Waals surface area (Å²) in [5.74, 6) is 2.26. The maximum Gasteiger partial charge on any atom is 0.253 e. The maximum absolute atomic E-state index is 12.6. The molecule has 0 saturated carbocycles. The van der Waals surface area contributed by atoms with Crippen molar-refractivity contribution in [1.29, 1.82) is 0 Å². The number of aryl methyl sites for hydroxylation is 1. The quantitative estimate of drug-likeness (QED) is 0.650. The van der Waals surface area contributed by atoms with Crippen LogP contribution in [0.1, 0.15) is 16.1 Å². The Kier molecular flexibility index (Phi) is 5.71. The van der Waals surface area contributed by atoms with Gasteiger partial charge in [-0.15, -0.1) is 10.2 Å². The molecule has 1 amide bonds. The van der Waals surface area contributed by atoms with Gasteiger partial charge < -0.3 is 15.1 Å². The molecule has 3 aromatic rings. The molecule has 0 atom stereocenters. The highest BCUT2D eigenvalue weighted by Gasteiger charge is 2.23. The summed E-state index contributed by atoms with van der Waals surface area (Å²) in [4.78, 5) is 21.1. The van der Waals surface area contributed by atoms with Crippen LogP contribution in [0, 0.1) is 6.92 Å². The van der Waals surface area contributed by atoms with E-state index < -0.39 is 0 Å². The van der Waals surface area contributed by atoms with Crippen LogP contribution in [0.15, 0.2) is 59.1 Å². The van der Waals surface area contributed by atoms with Crippen LogP contribution in [0.4, 0.5) is 17.5 Å². The smallest absolute Gasteiger partial charge is 0.253 e. The van der Waals surface area contributed by atoms with Gasteiger partial charge in [0.2, 0.25) is 0 Å². The van der Waals surface area contributed by atoms with Crippen molar-refractivity contribution in [2.75, 3.05) is 36.4 Å². The van der Waals surface area contributed by atoms with Crippen molar-refractivity contribution in [2.45, 2.75) is 6.92 Å². The molecule has 1 aromatic carbocycles. The highest BCUT2D eigenvalue weighted by Crippen LogP contribution is 2.18. The summed E-state index contributed by atoms with van der Waals surface area (Å²) in [6.45, 7) is 4.71. The Labute approximate surface area is 177 Å². The SMILES string of the molecule is Cc1cccc(Nc2ccc(N3CCN(C(=O)c4ccc(Br)cc4)CC3)nn2)n1. The molecule has 4 rings (SSSR count). The molecule has 3 heterocycles. The number of carbonyl (C=O) groups excluding carboxylic acids is 1. The van der Waals surface area contributed by atoms with Crippen LogP contribution in [0.5, 0.6) is 0 Å². The summed E-state index contributed by atoms with van der Waals surface area (Å²) in [5, 5.41) is 11.8. The number of aromatic nitrogens is 3. The van der Waals surface area contributed by atoms with Gasteiger partial charge in [0, 0.05) is 41.9 Å². The fourth-order valence-electron chi connectivity index (χ4n) is 3.22. The van der Waals surface area contributed by atoms with Crippen molar-refractivity contribution in [2.24, 2.45) is 0 Å². The van der Waals surface area contributed by atoms with Crippen LogP contribution >= 0.6 is 15.9 Å². The molecule has 148 valence electrons. The molecule has 0 unspecified atom stereocenters. The van der Waals surface area contributed by atoms with E-state index in [4.69, 9.17) is 0 Å². The van der Waals surface area contributed by atoms with Crippen molar-refractivity contribution >= 4 is 39.3 Å². The molecule has 0 radical (unpaired) electrons. The Morgan fingerprint density at radius 3 is 2.34 bits per heavy atom. The highest BCUT2D eigenvalue weighted by atomic mass is 79.9. The fourth-order valence-corrected chi connectivity index (χ4v) is 3.48. The molecule has 0 aliphatic carbocycles. The molecule has 1 aliphatic heterocycles. The van der Waals surface area contributed by atoms with Crippen LogP contribution in [0.3, 0.4) is 0 Å². The zero-order valence-electron chi connectivity index (χ0n) is 16.0. The number of hydrogen-bond acceptors (Lipinski definition) is 6. The number of anilines is 3. The lowest BCUT2D eigenvalue weighted by Gasteiger charge is -2.35. The number of pyridine rings is 1. The standard InChI is InChI=1S/C21H21BrN6O/c1-15-3-2-4-18(23-15)24-19-9-10-20(26-25-19)27-11-13-28(14-12-27)21(29)16-5-7-17(22)8-6-16/h2-10H,11-14H2,1H3,(H,23,24,25). The van der Waals surface area contributed by atoms with Gasteiger partial charge in [0.1, 0.15) is 5.82 Å². The summed E-state index contributed by atoms with van der Waals surface area (Å²) < 4.78 is 0.966. The first-order chi connectivity index (χ1) is 14.1. The molecule has 1 saturated heterocycles. The minimum absolute atomic E-state index is 0.0634.